The zero-order valence-electron chi connectivity index (χ0n) is 16.6. The summed E-state index contributed by atoms with van der Waals surface area (Å²) in [6.45, 7) is 1.91. The van der Waals surface area contributed by atoms with Crippen LogP contribution in [0.15, 0.2) is 84.4 Å². The number of hydrogen-bond donors (Lipinski definition) is 1. The maximum atomic E-state index is 13.0. The first-order chi connectivity index (χ1) is 14.9. The number of carbonyl (C=O) groups excluding carboxylic acids is 2. The van der Waals surface area contributed by atoms with Gasteiger partial charge >= 0.3 is 0 Å². The third kappa shape index (κ3) is 3.57. The molecule has 7 nitrogen and oxygen atoms in total. The van der Waals surface area contributed by atoms with Gasteiger partial charge in [-0.05, 0) is 18.6 Å². The molecule has 3 aromatic rings. The molecule has 0 bridgehead atoms. The summed E-state index contributed by atoms with van der Waals surface area (Å²) in [7, 11) is 0. The fourth-order valence-electron chi connectivity index (χ4n) is 3.67. The highest BCUT2D eigenvalue weighted by molar-refractivity contribution is 6.51. The topological polar surface area (TPSA) is 101 Å². The van der Waals surface area contributed by atoms with E-state index in [0.717, 1.165) is 5.56 Å². The number of nitro benzene ring substituents is 1. The number of rotatable bonds is 4. The minimum atomic E-state index is -0.928. The van der Waals surface area contributed by atoms with Crippen LogP contribution in [-0.4, -0.2) is 21.7 Å². The Morgan fingerprint density at radius 3 is 2.29 bits per heavy atom. The summed E-state index contributed by atoms with van der Waals surface area (Å²) in [6, 6.07) is 20.3. The SMILES string of the molecule is Cc1ccc(C2/C(=C(/O)c3ccccc3)C(=O)C(=O)N2c2cccc([N+](=O)[O-])c2)cc1. The van der Waals surface area contributed by atoms with Gasteiger partial charge in [0.05, 0.1) is 22.2 Å². The Labute approximate surface area is 178 Å². The molecule has 0 radical (unpaired) electrons. The number of benzene rings is 3. The molecule has 1 fully saturated rings. The van der Waals surface area contributed by atoms with Crippen LogP contribution in [-0.2, 0) is 9.59 Å². The average Bonchev–Trinajstić information content (AvgIpc) is 3.05. The normalized spacial score (nSPS) is 17.7. The molecule has 31 heavy (non-hydrogen) atoms. The molecule has 7 heteroatoms. The maximum Gasteiger partial charge on any atom is 0.300 e. The number of amides is 1. The van der Waals surface area contributed by atoms with Gasteiger partial charge in [-0.1, -0.05) is 66.2 Å². The smallest absolute Gasteiger partial charge is 0.300 e. The van der Waals surface area contributed by atoms with E-state index in [-0.39, 0.29) is 22.7 Å². The fraction of sp³-hybridized carbons (Fsp3) is 0.0833. The predicted octanol–water partition coefficient (Wildman–Crippen LogP) is 4.53. The molecule has 1 unspecified atom stereocenters. The highest BCUT2D eigenvalue weighted by Gasteiger charge is 2.47. The second kappa shape index (κ2) is 7.87. The van der Waals surface area contributed by atoms with Crippen molar-refractivity contribution in [1.29, 1.82) is 0 Å². The summed E-state index contributed by atoms with van der Waals surface area (Å²) in [5, 5.41) is 22.2. The first kappa shape index (κ1) is 20.0. The van der Waals surface area contributed by atoms with E-state index in [1.807, 2.05) is 19.1 Å². The van der Waals surface area contributed by atoms with E-state index in [1.54, 1.807) is 42.5 Å². The zero-order chi connectivity index (χ0) is 22.1. The second-order valence-corrected chi connectivity index (χ2v) is 7.22. The van der Waals surface area contributed by atoms with Crippen molar-refractivity contribution in [3.05, 3.63) is 111 Å². The van der Waals surface area contributed by atoms with Crippen LogP contribution in [0.25, 0.3) is 5.76 Å². The molecule has 154 valence electrons. The van der Waals surface area contributed by atoms with Crippen molar-refractivity contribution in [2.45, 2.75) is 13.0 Å². The van der Waals surface area contributed by atoms with Crippen molar-refractivity contribution >= 4 is 28.8 Å². The molecular formula is C24H18N2O5. The van der Waals surface area contributed by atoms with Crippen LogP contribution in [0.3, 0.4) is 0 Å². The molecule has 1 aliphatic heterocycles. The van der Waals surface area contributed by atoms with Gasteiger partial charge in [-0.2, -0.15) is 0 Å². The van der Waals surface area contributed by atoms with Gasteiger partial charge in [-0.3, -0.25) is 24.6 Å². The summed E-state index contributed by atoms with van der Waals surface area (Å²) in [5.74, 6) is -2.00. The van der Waals surface area contributed by atoms with Gasteiger partial charge in [0.1, 0.15) is 5.76 Å². The number of non-ortho nitro benzene ring substituents is 1. The number of nitrogens with zero attached hydrogens (tertiary/aromatic N) is 2. The largest absolute Gasteiger partial charge is 0.507 e. The van der Waals surface area contributed by atoms with Crippen molar-refractivity contribution in [2.75, 3.05) is 4.90 Å². The van der Waals surface area contributed by atoms with Crippen LogP contribution in [0, 0.1) is 17.0 Å². The molecule has 1 heterocycles. The molecule has 0 aliphatic carbocycles. The van der Waals surface area contributed by atoms with Gasteiger partial charge in [0, 0.05) is 17.7 Å². The number of anilines is 1. The third-order valence-corrected chi connectivity index (χ3v) is 5.20. The summed E-state index contributed by atoms with van der Waals surface area (Å²) < 4.78 is 0. The number of aryl methyl sites for hydroxylation is 1. The van der Waals surface area contributed by atoms with Crippen molar-refractivity contribution < 1.29 is 19.6 Å². The summed E-state index contributed by atoms with van der Waals surface area (Å²) in [5.41, 5.74) is 1.93. The Bertz CT molecular complexity index is 1220. The summed E-state index contributed by atoms with van der Waals surface area (Å²) in [4.78, 5) is 38.0. The summed E-state index contributed by atoms with van der Waals surface area (Å²) in [6.07, 6.45) is 0. The molecule has 1 saturated heterocycles. The van der Waals surface area contributed by atoms with Crippen LogP contribution >= 0.6 is 0 Å². The molecule has 0 saturated carbocycles. The predicted molar refractivity (Wildman–Crippen MR) is 116 cm³/mol. The third-order valence-electron chi connectivity index (χ3n) is 5.20. The van der Waals surface area contributed by atoms with Gasteiger partial charge in [0.25, 0.3) is 17.4 Å². The van der Waals surface area contributed by atoms with Crippen LogP contribution in [0.5, 0.6) is 0 Å². The second-order valence-electron chi connectivity index (χ2n) is 7.22. The van der Waals surface area contributed by atoms with E-state index in [1.165, 1.54) is 29.2 Å². The van der Waals surface area contributed by atoms with E-state index in [2.05, 4.69) is 0 Å². The van der Waals surface area contributed by atoms with Gasteiger partial charge in [0.15, 0.2) is 0 Å². The quantitative estimate of drug-likeness (QED) is 0.222. The van der Waals surface area contributed by atoms with Gasteiger partial charge in [-0.25, -0.2) is 0 Å². The molecule has 1 N–H and O–H groups in total. The molecule has 0 spiro atoms. The zero-order valence-corrected chi connectivity index (χ0v) is 16.6. The molecule has 1 aliphatic rings. The van der Waals surface area contributed by atoms with Crippen molar-refractivity contribution in [2.24, 2.45) is 0 Å². The number of nitro groups is 1. The van der Waals surface area contributed by atoms with Crippen molar-refractivity contribution in [1.82, 2.24) is 0 Å². The van der Waals surface area contributed by atoms with E-state index < -0.39 is 22.7 Å². The molecule has 3 aromatic carbocycles. The van der Waals surface area contributed by atoms with E-state index in [0.29, 0.717) is 11.1 Å². The van der Waals surface area contributed by atoms with Gasteiger partial charge in [-0.15, -0.1) is 0 Å². The lowest BCUT2D eigenvalue weighted by atomic mass is 9.94. The maximum absolute atomic E-state index is 13.0. The first-order valence-electron chi connectivity index (χ1n) is 9.56. The van der Waals surface area contributed by atoms with Gasteiger partial charge < -0.3 is 5.11 Å². The van der Waals surface area contributed by atoms with Crippen LogP contribution in [0.2, 0.25) is 0 Å². The van der Waals surface area contributed by atoms with Crippen molar-refractivity contribution in [3.8, 4) is 0 Å². The lowest BCUT2D eigenvalue weighted by molar-refractivity contribution is -0.384. The summed E-state index contributed by atoms with van der Waals surface area (Å²) >= 11 is 0. The monoisotopic (exact) mass is 414 g/mol. The number of aliphatic hydroxyl groups is 1. The fourth-order valence-corrected chi connectivity index (χ4v) is 3.67. The average molecular weight is 414 g/mol. The number of hydrogen-bond acceptors (Lipinski definition) is 5. The van der Waals surface area contributed by atoms with Crippen LogP contribution in [0.1, 0.15) is 22.7 Å². The molecule has 0 aromatic heterocycles. The Hall–Kier alpha value is -4.26. The first-order valence-corrected chi connectivity index (χ1v) is 9.56. The molecule has 1 amide bonds. The van der Waals surface area contributed by atoms with Gasteiger partial charge in [0.2, 0.25) is 0 Å². The minimum Gasteiger partial charge on any atom is -0.507 e. The van der Waals surface area contributed by atoms with Crippen LogP contribution < -0.4 is 4.90 Å². The standard InChI is InChI=1S/C24H18N2O5/c1-15-10-12-16(13-11-15)21-20(22(27)17-6-3-2-4-7-17)23(28)24(29)25(21)18-8-5-9-19(14-18)26(30)31/h2-14,21,27H,1H3/b22-20-. The Kier molecular flexibility index (Phi) is 5.09. The molecule has 1 atom stereocenters. The molecular weight excluding hydrogens is 396 g/mol. The van der Waals surface area contributed by atoms with E-state index in [4.69, 9.17) is 0 Å². The van der Waals surface area contributed by atoms with E-state index >= 15 is 0 Å². The Morgan fingerprint density at radius 1 is 0.968 bits per heavy atom. The number of Topliss-reactive ketones (excluding diaryl/α,β-unsaturated/α-hetero) is 1. The molecule has 4 rings (SSSR count). The Balaban J connectivity index is 1.95. The highest BCUT2D eigenvalue weighted by atomic mass is 16.6. The number of carbonyl (C=O) groups is 2. The minimum absolute atomic E-state index is 0.0634. The lowest BCUT2D eigenvalue weighted by Gasteiger charge is -2.25. The van der Waals surface area contributed by atoms with Crippen LogP contribution in [0.4, 0.5) is 11.4 Å². The number of aliphatic hydroxyl groups excluding tert-OH is 1. The highest BCUT2D eigenvalue weighted by Crippen LogP contribution is 2.42. The number of ketones is 1. The lowest BCUT2D eigenvalue weighted by Crippen LogP contribution is -2.29. The van der Waals surface area contributed by atoms with Crippen molar-refractivity contribution in [3.63, 3.8) is 0 Å². The Morgan fingerprint density at radius 2 is 1.65 bits per heavy atom. The van der Waals surface area contributed by atoms with E-state index in [9.17, 15) is 24.8 Å².